The van der Waals surface area contributed by atoms with Crippen LogP contribution in [0.5, 0.6) is 0 Å². The molecule has 0 saturated heterocycles. The quantitative estimate of drug-likeness (QED) is 0.839. The van der Waals surface area contributed by atoms with Crippen LogP contribution < -0.4 is 10.6 Å². The number of amides is 1. The highest BCUT2D eigenvalue weighted by Gasteiger charge is 2.16. The van der Waals surface area contributed by atoms with Crippen LogP contribution in [0.4, 0.5) is 5.69 Å². The molecule has 1 atom stereocenters. The second-order valence-corrected chi connectivity index (χ2v) is 5.62. The molecule has 0 aliphatic carbocycles. The van der Waals surface area contributed by atoms with E-state index in [1.807, 2.05) is 51.8 Å². The SMILES string of the molecule is Cc1cnn(CCNC(C)C(=O)Nc2c(C)nn(C)c2C)c1. The van der Waals surface area contributed by atoms with Gasteiger partial charge in [0, 0.05) is 19.8 Å². The van der Waals surface area contributed by atoms with E-state index in [1.54, 1.807) is 4.68 Å². The van der Waals surface area contributed by atoms with E-state index in [0.29, 0.717) is 6.54 Å². The van der Waals surface area contributed by atoms with Crippen molar-refractivity contribution in [2.24, 2.45) is 7.05 Å². The first-order valence-corrected chi connectivity index (χ1v) is 7.42. The molecule has 2 rings (SSSR count). The fraction of sp³-hybridized carbons (Fsp3) is 0.533. The number of hydrogen-bond donors (Lipinski definition) is 2. The van der Waals surface area contributed by atoms with Crippen molar-refractivity contribution >= 4 is 11.6 Å². The van der Waals surface area contributed by atoms with E-state index in [-0.39, 0.29) is 11.9 Å². The largest absolute Gasteiger partial charge is 0.322 e. The number of carbonyl (C=O) groups excluding carboxylic acids is 1. The van der Waals surface area contributed by atoms with E-state index in [0.717, 1.165) is 29.2 Å². The molecule has 2 N–H and O–H groups in total. The molecule has 7 heteroatoms. The first-order valence-electron chi connectivity index (χ1n) is 7.42. The van der Waals surface area contributed by atoms with E-state index in [9.17, 15) is 4.79 Å². The van der Waals surface area contributed by atoms with Crippen LogP contribution in [0.15, 0.2) is 12.4 Å². The van der Waals surface area contributed by atoms with Gasteiger partial charge in [-0.15, -0.1) is 0 Å². The minimum absolute atomic E-state index is 0.0594. The Morgan fingerprint density at radius 2 is 2.09 bits per heavy atom. The Labute approximate surface area is 130 Å². The molecular weight excluding hydrogens is 280 g/mol. The van der Waals surface area contributed by atoms with Crippen molar-refractivity contribution in [3.63, 3.8) is 0 Å². The second kappa shape index (κ2) is 6.74. The average Bonchev–Trinajstić information content (AvgIpc) is 2.97. The molecule has 7 nitrogen and oxygen atoms in total. The molecule has 0 spiro atoms. The maximum Gasteiger partial charge on any atom is 0.241 e. The van der Waals surface area contributed by atoms with Gasteiger partial charge in [0.15, 0.2) is 0 Å². The molecule has 0 radical (unpaired) electrons. The number of anilines is 1. The summed E-state index contributed by atoms with van der Waals surface area (Å²) in [7, 11) is 1.87. The van der Waals surface area contributed by atoms with Crippen LogP contribution in [0.25, 0.3) is 0 Å². The molecule has 2 heterocycles. The van der Waals surface area contributed by atoms with Gasteiger partial charge in [-0.1, -0.05) is 0 Å². The Morgan fingerprint density at radius 3 is 2.64 bits per heavy atom. The van der Waals surface area contributed by atoms with E-state index < -0.39 is 0 Å². The smallest absolute Gasteiger partial charge is 0.241 e. The van der Waals surface area contributed by atoms with Crippen LogP contribution in [0.3, 0.4) is 0 Å². The monoisotopic (exact) mass is 304 g/mol. The van der Waals surface area contributed by atoms with Crippen LogP contribution in [0.1, 0.15) is 23.9 Å². The number of aryl methyl sites for hydroxylation is 3. The predicted octanol–water partition coefficient (Wildman–Crippen LogP) is 1.16. The van der Waals surface area contributed by atoms with E-state index in [1.165, 1.54) is 0 Å². The molecule has 0 fully saturated rings. The third-order valence-corrected chi connectivity index (χ3v) is 3.70. The van der Waals surface area contributed by atoms with Crippen molar-refractivity contribution in [3.8, 4) is 0 Å². The zero-order valence-electron chi connectivity index (χ0n) is 13.8. The van der Waals surface area contributed by atoms with Gasteiger partial charge < -0.3 is 10.6 Å². The van der Waals surface area contributed by atoms with E-state index in [2.05, 4.69) is 20.8 Å². The van der Waals surface area contributed by atoms with Crippen LogP contribution >= 0.6 is 0 Å². The standard InChI is InChI=1S/C15H24N6O/c1-10-8-17-21(9-10)7-6-16-12(3)15(22)18-14-11(2)19-20(5)13(14)4/h8-9,12,16H,6-7H2,1-5H3,(H,18,22). The number of nitrogens with zero attached hydrogens (tertiary/aromatic N) is 4. The van der Waals surface area contributed by atoms with E-state index in [4.69, 9.17) is 0 Å². The van der Waals surface area contributed by atoms with Gasteiger partial charge in [-0.2, -0.15) is 10.2 Å². The lowest BCUT2D eigenvalue weighted by Crippen LogP contribution is -2.39. The second-order valence-electron chi connectivity index (χ2n) is 5.62. The highest BCUT2D eigenvalue weighted by Crippen LogP contribution is 2.18. The Kier molecular flexibility index (Phi) is 4.97. The Hall–Kier alpha value is -2.15. The first kappa shape index (κ1) is 16.2. The normalized spacial score (nSPS) is 12.4. The fourth-order valence-electron chi connectivity index (χ4n) is 2.26. The van der Waals surface area contributed by atoms with Gasteiger partial charge in [-0.05, 0) is 33.3 Å². The number of hydrogen-bond acceptors (Lipinski definition) is 4. The highest BCUT2D eigenvalue weighted by atomic mass is 16.2. The summed E-state index contributed by atoms with van der Waals surface area (Å²) in [5.41, 5.74) is 3.70. The summed E-state index contributed by atoms with van der Waals surface area (Å²) in [5, 5.41) is 14.7. The number of rotatable bonds is 6. The summed E-state index contributed by atoms with van der Waals surface area (Å²) in [6.45, 7) is 9.10. The van der Waals surface area contributed by atoms with Gasteiger partial charge in [0.05, 0.1) is 35.9 Å². The molecule has 0 saturated carbocycles. The molecule has 120 valence electrons. The van der Waals surface area contributed by atoms with Gasteiger partial charge in [0.2, 0.25) is 5.91 Å². The molecule has 2 aromatic rings. The summed E-state index contributed by atoms with van der Waals surface area (Å²) in [5.74, 6) is -0.0594. The maximum atomic E-state index is 12.2. The molecule has 0 aliphatic rings. The third-order valence-electron chi connectivity index (χ3n) is 3.70. The molecule has 0 aliphatic heterocycles. The molecule has 22 heavy (non-hydrogen) atoms. The lowest BCUT2D eigenvalue weighted by atomic mass is 10.2. The van der Waals surface area contributed by atoms with Crippen molar-refractivity contribution in [3.05, 3.63) is 29.3 Å². The van der Waals surface area contributed by atoms with Gasteiger partial charge in [0.1, 0.15) is 0 Å². The van der Waals surface area contributed by atoms with Crippen molar-refractivity contribution < 1.29 is 4.79 Å². The summed E-state index contributed by atoms with van der Waals surface area (Å²) in [4.78, 5) is 12.2. The molecule has 2 aromatic heterocycles. The summed E-state index contributed by atoms with van der Waals surface area (Å²) >= 11 is 0. The van der Waals surface area contributed by atoms with Crippen LogP contribution in [0.2, 0.25) is 0 Å². The lowest BCUT2D eigenvalue weighted by molar-refractivity contribution is -0.117. The van der Waals surface area contributed by atoms with Crippen molar-refractivity contribution in [1.29, 1.82) is 0 Å². The molecule has 1 amide bonds. The Morgan fingerprint density at radius 1 is 1.36 bits per heavy atom. The molecule has 1 unspecified atom stereocenters. The highest BCUT2D eigenvalue weighted by molar-refractivity contribution is 5.95. The zero-order chi connectivity index (χ0) is 16.3. The predicted molar refractivity (Wildman–Crippen MR) is 85.7 cm³/mol. The Balaban J connectivity index is 1.84. The van der Waals surface area contributed by atoms with Crippen LogP contribution in [0, 0.1) is 20.8 Å². The lowest BCUT2D eigenvalue weighted by Gasteiger charge is -2.14. The summed E-state index contributed by atoms with van der Waals surface area (Å²) in [6.07, 6.45) is 3.80. The minimum Gasteiger partial charge on any atom is -0.322 e. The van der Waals surface area contributed by atoms with Crippen molar-refractivity contribution in [2.45, 2.75) is 40.3 Å². The molecular formula is C15H24N6O. The Bertz CT molecular complexity index is 657. The topological polar surface area (TPSA) is 76.8 Å². The molecule has 0 aromatic carbocycles. The van der Waals surface area contributed by atoms with Crippen LogP contribution in [-0.2, 0) is 18.4 Å². The zero-order valence-corrected chi connectivity index (χ0v) is 13.8. The van der Waals surface area contributed by atoms with Gasteiger partial charge in [-0.25, -0.2) is 0 Å². The van der Waals surface area contributed by atoms with Crippen LogP contribution in [-0.4, -0.2) is 38.1 Å². The first-order chi connectivity index (χ1) is 10.4. The van der Waals surface area contributed by atoms with Crippen molar-refractivity contribution in [1.82, 2.24) is 24.9 Å². The van der Waals surface area contributed by atoms with E-state index >= 15 is 0 Å². The van der Waals surface area contributed by atoms with Gasteiger partial charge in [0.25, 0.3) is 0 Å². The fourth-order valence-corrected chi connectivity index (χ4v) is 2.26. The summed E-state index contributed by atoms with van der Waals surface area (Å²) < 4.78 is 3.63. The van der Waals surface area contributed by atoms with Crippen molar-refractivity contribution in [2.75, 3.05) is 11.9 Å². The molecule has 0 bridgehead atoms. The van der Waals surface area contributed by atoms with Gasteiger partial charge in [-0.3, -0.25) is 14.2 Å². The minimum atomic E-state index is -0.282. The average molecular weight is 304 g/mol. The number of carbonyl (C=O) groups is 1. The maximum absolute atomic E-state index is 12.2. The van der Waals surface area contributed by atoms with Gasteiger partial charge >= 0.3 is 0 Å². The number of aromatic nitrogens is 4. The summed E-state index contributed by atoms with van der Waals surface area (Å²) in [6, 6.07) is -0.282. The third kappa shape index (κ3) is 3.73. The number of nitrogens with one attached hydrogen (secondary N) is 2.